The van der Waals surface area contributed by atoms with E-state index in [1.165, 1.54) is 0 Å². The van der Waals surface area contributed by atoms with E-state index < -0.39 is 11.6 Å². The molecule has 0 saturated heterocycles. The van der Waals surface area contributed by atoms with Gasteiger partial charge in [-0.15, -0.1) is 0 Å². The van der Waals surface area contributed by atoms with Crippen LogP contribution >= 0.6 is 0 Å². The molecule has 1 N–H and O–H groups in total. The Bertz CT molecular complexity index is 389. The molecule has 1 rings (SSSR count). The number of nitrogens with one attached hydrogen (secondary N) is 1. The molecule has 1 aromatic rings. The van der Waals surface area contributed by atoms with Crippen molar-refractivity contribution in [2.75, 3.05) is 0 Å². The molecule has 1 amide bonds. The fourth-order valence-electron chi connectivity index (χ4n) is 1.66. The number of benzene rings is 1. The SMILES string of the molecule is CCC(CC)C(=O)NCc1cc(F)ccc1F. The fourth-order valence-corrected chi connectivity index (χ4v) is 1.66. The number of carbonyl (C=O) groups is 1. The van der Waals surface area contributed by atoms with Crippen LogP contribution in [0.15, 0.2) is 18.2 Å². The van der Waals surface area contributed by atoms with E-state index in [0.717, 1.165) is 31.0 Å². The third kappa shape index (κ3) is 3.80. The van der Waals surface area contributed by atoms with Crippen molar-refractivity contribution in [3.63, 3.8) is 0 Å². The van der Waals surface area contributed by atoms with Gasteiger partial charge < -0.3 is 5.32 Å². The zero-order chi connectivity index (χ0) is 12.8. The smallest absolute Gasteiger partial charge is 0.223 e. The van der Waals surface area contributed by atoms with Gasteiger partial charge in [0.2, 0.25) is 5.91 Å². The summed E-state index contributed by atoms with van der Waals surface area (Å²) < 4.78 is 26.2. The topological polar surface area (TPSA) is 29.1 Å². The van der Waals surface area contributed by atoms with Crippen LogP contribution in [-0.4, -0.2) is 5.91 Å². The van der Waals surface area contributed by atoms with E-state index in [9.17, 15) is 13.6 Å². The molecule has 17 heavy (non-hydrogen) atoms. The molecule has 4 heteroatoms. The maximum Gasteiger partial charge on any atom is 0.223 e. The van der Waals surface area contributed by atoms with Crippen LogP contribution in [0.2, 0.25) is 0 Å². The molecule has 94 valence electrons. The van der Waals surface area contributed by atoms with Crippen LogP contribution in [0.5, 0.6) is 0 Å². The molecule has 0 heterocycles. The van der Waals surface area contributed by atoms with E-state index in [4.69, 9.17) is 0 Å². The van der Waals surface area contributed by atoms with Gasteiger partial charge in [-0.2, -0.15) is 0 Å². The highest BCUT2D eigenvalue weighted by Crippen LogP contribution is 2.11. The third-order valence-electron chi connectivity index (χ3n) is 2.82. The highest BCUT2D eigenvalue weighted by atomic mass is 19.1. The van der Waals surface area contributed by atoms with E-state index in [1.807, 2.05) is 13.8 Å². The Kier molecular flexibility index (Phi) is 5.07. The van der Waals surface area contributed by atoms with Gasteiger partial charge in [0.25, 0.3) is 0 Å². The molecule has 1 aromatic carbocycles. The number of halogens is 2. The lowest BCUT2D eigenvalue weighted by Crippen LogP contribution is -2.29. The van der Waals surface area contributed by atoms with Gasteiger partial charge in [-0.3, -0.25) is 4.79 Å². The van der Waals surface area contributed by atoms with Gasteiger partial charge in [-0.1, -0.05) is 13.8 Å². The Labute approximate surface area is 100 Å². The molecule has 0 aromatic heterocycles. The Balaban J connectivity index is 2.61. The molecule has 0 unspecified atom stereocenters. The first-order chi connectivity index (χ1) is 8.08. The second-order valence-corrected chi connectivity index (χ2v) is 3.97. The van der Waals surface area contributed by atoms with E-state index in [-0.39, 0.29) is 23.9 Å². The van der Waals surface area contributed by atoms with Crippen molar-refractivity contribution in [3.8, 4) is 0 Å². The minimum atomic E-state index is -0.503. The first-order valence-corrected chi connectivity index (χ1v) is 5.80. The van der Waals surface area contributed by atoms with Crippen LogP contribution in [0.1, 0.15) is 32.3 Å². The monoisotopic (exact) mass is 241 g/mol. The zero-order valence-electron chi connectivity index (χ0n) is 10.1. The lowest BCUT2D eigenvalue weighted by atomic mass is 10.0. The summed E-state index contributed by atoms with van der Waals surface area (Å²) in [5.74, 6) is -1.18. The first-order valence-electron chi connectivity index (χ1n) is 5.80. The van der Waals surface area contributed by atoms with Crippen molar-refractivity contribution in [2.45, 2.75) is 33.2 Å². The summed E-state index contributed by atoms with van der Waals surface area (Å²) >= 11 is 0. The van der Waals surface area contributed by atoms with Gasteiger partial charge in [0, 0.05) is 18.0 Å². The van der Waals surface area contributed by atoms with Crippen LogP contribution in [0, 0.1) is 17.6 Å². The van der Waals surface area contributed by atoms with Gasteiger partial charge in [0.1, 0.15) is 11.6 Å². The molecule has 0 saturated carbocycles. The Morgan fingerprint density at radius 1 is 1.29 bits per heavy atom. The van der Waals surface area contributed by atoms with E-state index in [1.54, 1.807) is 0 Å². The highest BCUT2D eigenvalue weighted by Gasteiger charge is 2.14. The predicted octanol–water partition coefficient (Wildman–Crippen LogP) is 3.02. The van der Waals surface area contributed by atoms with Gasteiger partial charge in [-0.05, 0) is 31.0 Å². The number of rotatable bonds is 5. The van der Waals surface area contributed by atoms with E-state index in [2.05, 4.69) is 5.32 Å². The molecule has 0 radical (unpaired) electrons. The summed E-state index contributed by atoms with van der Waals surface area (Å²) in [5.41, 5.74) is 0.171. The molecule has 0 fully saturated rings. The van der Waals surface area contributed by atoms with Crippen molar-refractivity contribution in [1.82, 2.24) is 5.32 Å². The largest absolute Gasteiger partial charge is 0.352 e. The molecule has 0 aliphatic heterocycles. The van der Waals surface area contributed by atoms with Crippen LogP contribution in [-0.2, 0) is 11.3 Å². The van der Waals surface area contributed by atoms with Crippen LogP contribution in [0.3, 0.4) is 0 Å². The van der Waals surface area contributed by atoms with E-state index >= 15 is 0 Å². The van der Waals surface area contributed by atoms with Crippen molar-refractivity contribution < 1.29 is 13.6 Å². The van der Waals surface area contributed by atoms with Gasteiger partial charge >= 0.3 is 0 Å². The molecule has 0 aliphatic carbocycles. The zero-order valence-corrected chi connectivity index (χ0v) is 10.1. The summed E-state index contributed by atoms with van der Waals surface area (Å²) in [6.45, 7) is 3.88. The molecule has 0 aliphatic rings. The fraction of sp³-hybridized carbons (Fsp3) is 0.462. The quantitative estimate of drug-likeness (QED) is 0.843. The number of amides is 1. The summed E-state index contributed by atoms with van der Waals surface area (Å²) in [6, 6.07) is 3.22. The van der Waals surface area contributed by atoms with Gasteiger partial charge in [-0.25, -0.2) is 8.78 Å². The summed E-state index contributed by atoms with van der Waals surface area (Å²) in [7, 11) is 0. The minimum absolute atomic E-state index is 0.0267. The molecule has 0 atom stereocenters. The summed E-state index contributed by atoms with van der Waals surface area (Å²) in [4.78, 5) is 11.6. The van der Waals surface area contributed by atoms with Crippen molar-refractivity contribution in [3.05, 3.63) is 35.4 Å². The normalized spacial score (nSPS) is 10.6. The Hall–Kier alpha value is -1.45. The number of hydrogen-bond donors (Lipinski definition) is 1. The highest BCUT2D eigenvalue weighted by molar-refractivity contribution is 5.78. The Morgan fingerprint density at radius 2 is 1.94 bits per heavy atom. The van der Waals surface area contributed by atoms with Crippen molar-refractivity contribution in [2.24, 2.45) is 5.92 Å². The van der Waals surface area contributed by atoms with E-state index in [0.29, 0.717) is 0 Å². The van der Waals surface area contributed by atoms with Gasteiger partial charge in [0.15, 0.2) is 0 Å². The summed E-state index contributed by atoms with van der Waals surface area (Å²) in [6.07, 6.45) is 1.49. The number of carbonyl (C=O) groups excluding carboxylic acids is 1. The molecular weight excluding hydrogens is 224 g/mol. The van der Waals surface area contributed by atoms with Gasteiger partial charge in [0.05, 0.1) is 0 Å². The summed E-state index contributed by atoms with van der Waals surface area (Å²) in [5, 5.41) is 2.62. The van der Waals surface area contributed by atoms with Crippen LogP contribution < -0.4 is 5.32 Å². The number of hydrogen-bond acceptors (Lipinski definition) is 1. The standard InChI is InChI=1S/C13H17F2NO/c1-3-9(4-2)13(17)16-8-10-7-11(14)5-6-12(10)15/h5-7,9H,3-4,8H2,1-2H3,(H,16,17). The minimum Gasteiger partial charge on any atom is -0.352 e. The average Bonchev–Trinajstić information content (AvgIpc) is 2.32. The molecule has 2 nitrogen and oxygen atoms in total. The molecule has 0 spiro atoms. The van der Waals surface area contributed by atoms with Crippen molar-refractivity contribution >= 4 is 5.91 Å². The maximum atomic E-state index is 13.3. The van der Waals surface area contributed by atoms with Crippen molar-refractivity contribution in [1.29, 1.82) is 0 Å². The molecular formula is C13H17F2NO. The lowest BCUT2D eigenvalue weighted by Gasteiger charge is -2.13. The molecule has 0 bridgehead atoms. The second kappa shape index (κ2) is 6.33. The third-order valence-corrected chi connectivity index (χ3v) is 2.82. The predicted molar refractivity (Wildman–Crippen MR) is 62.3 cm³/mol. The van der Waals surface area contributed by atoms with Crippen LogP contribution in [0.4, 0.5) is 8.78 Å². The van der Waals surface area contributed by atoms with Crippen LogP contribution in [0.25, 0.3) is 0 Å². The lowest BCUT2D eigenvalue weighted by molar-refractivity contribution is -0.125. The first kappa shape index (κ1) is 13.6. The second-order valence-electron chi connectivity index (χ2n) is 3.97. The average molecular weight is 241 g/mol. The Morgan fingerprint density at radius 3 is 2.53 bits per heavy atom. The maximum absolute atomic E-state index is 13.3.